The molecule has 0 amide bonds. The Bertz CT molecular complexity index is 138. The predicted molar refractivity (Wildman–Crippen MR) is 50.3 cm³/mol. The van der Waals surface area contributed by atoms with Gasteiger partial charge in [0.15, 0.2) is 0 Å². The van der Waals surface area contributed by atoms with Crippen molar-refractivity contribution < 1.29 is 0 Å². The van der Waals surface area contributed by atoms with Gasteiger partial charge in [0.1, 0.15) is 7.28 Å². The first-order valence-electron chi connectivity index (χ1n) is 5.10. The number of fused-ring (bicyclic) bond motifs is 2. The highest BCUT2D eigenvalue weighted by atomic mass is 14.6. The molecule has 2 aliphatic rings. The van der Waals surface area contributed by atoms with Crippen LogP contribution < -0.4 is 5.73 Å². The van der Waals surface area contributed by atoms with Crippen LogP contribution in [0.5, 0.6) is 0 Å². The fourth-order valence-electron chi connectivity index (χ4n) is 2.87. The lowest BCUT2D eigenvalue weighted by molar-refractivity contribution is 0.520. The van der Waals surface area contributed by atoms with Crippen LogP contribution in [-0.2, 0) is 0 Å². The molecule has 0 spiro atoms. The molecule has 2 rings (SSSR count). The van der Waals surface area contributed by atoms with E-state index in [-0.39, 0.29) is 0 Å². The maximum atomic E-state index is 5.99. The molecule has 0 aliphatic carbocycles. The molecule has 11 heavy (non-hydrogen) atoms. The van der Waals surface area contributed by atoms with Gasteiger partial charge in [-0.2, -0.15) is 0 Å². The molecule has 2 heterocycles. The van der Waals surface area contributed by atoms with Gasteiger partial charge < -0.3 is 5.73 Å². The molecule has 2 heteroatoms. The van der Waals surface area contributed by atoms with E-state index in [0.29, 0.717) is 6.04 Å². The highest BCUT2D eigenvalue weighted by Crippen LogP contribution is 2.40. The van der Waals surface area contributed by atoms with Crippen molar-refractivity contribution >= 4 is 7.28 Å². The van der Waals surface area contributed by atoms with Crippen LogP contribution in [0, 0.1) is 0 Å². The van der Waals surface area contributed by atoms with E-state index in [2.05, 4.69) is 0 Å². The Morgan fingerprint density at radius 1 is 1.00 bits per heavy atom. The van der Waals surface area contributed by atoms with E-state index < -0.39 is 0 Å². The first kappa shape index (κ1) is 7.66. The van der Waals surface area contributed by atoms with Crippen LogP contribution in [-0.4, -0.2) is 13.3 Å². The third-order valence-electron chi connectivity index (χ3n) is 3.47. The molecule has 2 N–H and O–H groups in total. The SMILES string of the molecule is NC1CCCC2BC(CC2)C1. The summed E-state index contributed by atoms with van der Waals surface area (Å²) in [4.78, 5) is 0. The van der Waals surface area contributed by atoms with Gasteiger partial charge in [-0.25, -0.2) is 0 Å². The Kier molecular flexibility index (Phi) is 2.21. The zero-order valence-electron chi connectivity index (χ0n) is 7.26. The molecular weight excluding hydrogens is 133 g/mol. The average molecular weight is 151 g/mol. The predicted octanol–water partition coefficient (Wildman–Crippen LogP) is 1.69. The summed E-state index contributed by atoms with van der Waals surface area (Å²) in [7, 11) is 1.49. The van der Waals surface area contributed by atoms with Gasteiger partial charge in [0.05, 0.1) is 0 Å². The van der Waals surface area contributed by atoms with Crippen LogP contribution in [0.25, 0.3) is 0 Å². The largest absolute Gasteiger partial charge is 0.328 e. The zero-order chi connectivity index (χ0) is 7.68. The molecule has 3 atom stereocenters. The van der Waals surface area contributed by atoms with Gasteiger partial charge in [0.25, 0.3) is 0 Å². The van der Waals surface area contributed by atoms with Crippen molar-refractivity contribution in [2.75, 3.05) is 0 Å². The second-order valence-electron chi connectivity index (χ2n) is 4.47. The van der Waals surface area contributed by atoms with Crippen molar-refractivity contribution in [2.24, 2.45) is 5.73 Å². The van der Waals surface area contributed by atoms with Gasteiger partial charge in [-0.1, -0.05) is 37.3 Å². The van der Waals surface area contributed by atoms with Gasteiger partial charge in [0, 0.05) is 6.04 Å². The molecule has 0 aromatic heterocycles. The summed E-state index contributed by atoms with van der Waals surface area (Å²) in [6.45, 7) is 0. The molecule has 62 valence electrons. The minimum Gasteiger partial charge on any atom is -0.328 e. The smallest absolute Gasteiger partial charge is 0.127 e. The van der Waals surface area contributed by atoms with Crippen LogP contribution in [0.15, 0.2) is 0 Å². The summed E-state index contributed by atoms with van der Waals surface area (Å²) in [6.07, 6.45) is 8.42. The Hall–Kier alpha value is 0.0249. The maximum Gasteiger partial charge on any atom is 0.127 e. The van der Waals surface area contributed by atoms with E-state index in [1.165, 1.54) is 45.8 Å². The zero-order valence-corrected chi connectivity index (χ0v) is 7.26. The molecular formula is C9H18BN. The molecule has 0 aromatic carbocycles. The lowest BCUT2D eigenvalue weighted by atomic mass is 9.56. The molecule has 2 aliphatic heterocycles. The molecule has 0 aromatic rings. The second kappa shape index (κ2) is 3.18. The second-order valence-corrected chi connectivity index (χ2v) is 4.47. The molecule has 1 nitrogen and oxygen atoms in total. The van der Waals surface area contributed by atoms with E-state index in [0.717, 1.165) is 11.6 Å². The molecule has 2 bridgehead atoms. The first-order chi connectivity index (χ1) is 5.34. The summed E-state index contributed by atoms with van der Waals surface area (Å²) in [5.74, 6) is 2.07. The topological polar surface area (TPSA) is 26.0 Å². The number of rotatable bonds is 0. The molecule has 2 saturated heterocycles. The fraction of sp³-hybridized carbons (Fsp3) is 1.00. The Balaban J connectivity index is 1.94. The van der Waals surface area contributed by atoms with E-state index in [1.807, 2.05) is 0 Å². The molecule has 0 radical (unpaired) electrons. The van der Waals surface area contributed by atoms with E-state index >= 15 is 0 Å². The monoisotopic (exact) mass is 151 g/mol. The van der Waals surface area contributed by atoms with Crippen molar-refractivity contribution in [1.82, 2.24) is 0 Å². The molecule has 2 fully saturated rings. The summed E-state index contributed by atoms with van der Waals surface area (Å²) < 4.78 is 0. The third-order valence-corrected chi connectivity index (χ3v) is 3.47. The molecule has 0 saturated carbocycles. The normalized spacial score (nSPS) is 44.3. The summed E-state index contributed by atoms with van der Waals surface area (Å²) >= 11 is 0. The highest BCUT2D eigenvalue weighted by Gasteiger charge is 2.28. The summed E-state index contributed by atoms with van der Waals surface area (Å²) in [5, 5.41) is 0. The Morgan fingerprint density at radius 3 is 2.73 bits per heavy atom. The molecule has 3 unspecified atom stereocenters. The average Bonchev–Trinajstić information content (AvgIpc) is 2.34. The van der Waals surface area contributed by atoms with Crippen LogP contribution in [0.4, 0.5) is 0 Å². The standard InChI is InChI=1S/C9H18BN/c11-9-3-1-2-7-4-5-8(6-9)10-7/h7-10H,1-6,11H2. The minimum absolute atomic E-state index is 0.527. The van der Waals surface area contributed by atoms with Gasteiger partial charge in [-0.3, -0.25) is 0 Å². The lowest BCUT2D eigenvalue weighted by Crippen LogP contribution is -2.24. The lowest BCUT2D eigenvalue weighted by Gasteiger charge is -2.19. The van der Waals surface area contributed by atoms with E-state index in [1.54, 1.807) is 0 Å². The minimum atomic E-state index is 0.527. The van der Waals surface area contributed by atoms with E-state index in [4.69, 9.17) is 5.73 Å². The Morgan fingerprint density at radius 2 is 1.82 bits per heavy atom. The number of hydrogen-bond donors (Lipinski definition) is 1. The van der Waals surface area contributed by atoms with Crippen LogP contribution in [0.2, 0.25) is 11.6 Å². The quantitative estimate of drug-likeness (QED) is 0.524. The van der Waals surface area contributed by atoms with Crippen LogP contribution in [0.3, 0.4) is 0 Å². The maximum absolute atomic E-state index is 5.99. The number of hydrogen-bond acceptors (Lipinski definition) is 1. The summed E-state index contributed by atoms with van der Waals surface area (Å²) in [6, 6.07) is 0.527. The van der Waals surface area contributed by atoms with Crippen LogP contribution in [0.1, 0.15) is 38.5 Å². The van der Waals surface area contributed by atoms with Gasteiger partial charge >= 0.3 is 0 Å². The third kappa shape index (κ3) is 1.78. The summed E-state index contributed by atoms with van der Waals surface area (Å²) in [5.41, 5.74) is 5.99. The van der Waals surface area contributed by atoms with Crippen LogP contribution >= 0.6 is 0 Å². The Labute approximate surface area is 70.0 Å². The van der Waals surface area contributed by atoms with Crippen molar-refractivity contribution in [1.29, 1.82) is 0 Å². The number of nitrogens with two attached hydrogens (primary N) is 1. The first-order valence-corrected chi connectivity index (χ1v) is 5.10. The van der Waals surface area contributed by atoms with Crippen molar-refractivity contribution in [3.63, 3.8) is 0 Å². The van der Waals surface area contributed by atoms with Gasteiger partial charge in [0.2, 0.25) is 0 Å². The highest BCUT2D eigenvalue weighted by molar-refractivity contribution is 6.40. The van der Waals surface area contributed by atoms with E-state index in [9.17, 15) is 0 Å². The van der Waals surface area contributed by atoms with Gasteiger partial charge in [-0.05, 0) is 12.8 Å². The van der Waals surface area contributed by atoms with Crippen molar-refractivity contribution in [3.05, 3.63) is 0 Å². The van der Waals surface area contributed by atoms with Gasteiger partial charge in [-0.15, -0.1) is 0 Å². The fourth-order valence-corrected chi connectivity index (χ4v) is 2.87. The van der Waals surface area contributed by atoms with Crippen molar-refractivity contribution in [2.45, 2.75) is 56.2 Å². The van der Waals surface area contributed by atoms with Crippen molar-refractivity contribution in [3.8, 4) is 0 Å².